The highest BCUT2D eigenvalue weighted by molar-refractivity contribution is 4.63. The molecule has 0 N–H and O–H groups in total. The van der Waals surface area contributed by atoms with Crippen LogP contribution in [0.25, 0.3) is 0 Å². The molecule has 2 nitrogen and oxygen atoms in total. The Kier molecular flexibility index (Phi) is 19.8. The number of rotatable bonds is 22. The van der Waals surface area contributed by atoms with Gasteiger partial charge in [-0.05, 0) is 38.5 Å². The van der Waals surface area contributed by atoms with E-state index in [9.17, 15) is 13.2 Å². The maximum Gasteiger partial charge on any atom is 0.389 e. The van der Waals surface area contributed by atoms with E-state index in [4.69, 9.17) is 9.47 Å². The lowest BCUT2D eigenvalue weighted by Crippen LogP contribution is -2.20. The third-order valence-electron chi connectivity index (χ3n) is 6.61. The average Bonchev–Trinajstić information content (AvgIpc) is 2.77. The SMILES string of the molecule is FC(F)(F)CCCCCCCCCCCCCCCCCCCOCCC1CCCCO1. The number of unbranched alkanes of at least 4 members (excludes halogenated alkanes) is 16. The first-order valence-electron chi connectivity index (χ1n) is 13.8. The van der Waals surface area contributed by atoms with Gasteiger partial charge in [-0.1, -0.05) is 96.3 Å². The van der Waals surface area contributed by atoms with E-state index in [0.29, 0.717) is 12.5 Å². The molecule has 1 rings (SSSR count). The second-order valence-corrected chi connectivity index (χ2v) is 9.77. The van der Waals surface area contributed by atoms with Gasteiger partial charge in [-0.25, -0.2) is 0 Å². The molecule has 0 bridgehead atoms. The largest absolute Gasteiger partial charge is 0.389 e. The molecule has 0 aliphatic carbocycles. The zero-order valence-corrected chi connectivity index (χ0v) is 20.7. The first-order chi connectivity index (χ1) is 15.6. The molecule has 0 radical (unpaired) electrons. The lowest BCUT2D eigenvalue weighted by Gasteiger charge is -2.22. The fourth-order valence-electron chi connectivity index (χ4n) is 4.53. The van der Waals surface area contributed by atoms with Crippen LogP contribution in [0.4, 0.5) is 13.2 Å². The van der Waals surface area contributed by atoms with Crippen LogP contribution in [0.1, 0.15) is 141 Å². The highest BCUT2D eigenvalue weighted by Gasteiger charge is 2.25. The molecule has 0 aromatic heterocycles. The summed E-state index contributed by atoms with van der Waals surface area (Å²) in [7, 11) is 0. The van der Waals surface area contributed by atoms with Crippen molar-refractivity contribution in [3.63, 3.8) is 0 Å². The van der Waals surface area contributed by atoms with E-state index in [1.54, 1.807) is 0 Å². The summed E-state index contributed by atoms with van der Waals surface area (Å²) in [5.74, 6) is 0. The van der Waals surface area contributed by atoms with Gasteiger partial charge in [0.1, 0.15) is 0 Å². The van der Waals surface area contributed by atoms with Gasteiger partial charge in [0, 0.05) is 26.2 Å². The Balaban J connectivity index is 1.64. The van der Waals surface area contributed by atoms with Gasteiger partial charge in [-0.3, -0.25) is 0 Å². The summed E-state index contributed by atoms with van der Waals surface area (Å²) in [6.45, 7) is 2.70. The van der Waals surface area contributed by atoms with Crippen LogP contribution in [-0.4, -0.2) is 32.1 Å². The Morgan fingerprint density at radius 1 is 0.594 bits per heavy atom. The zero-order valence-electron chi connectivity index (χ0n) is 20.7. The van der Waals surface area contributed by atoms with Gasteiger partial charge in [0.2, 0.25) is 0 Å². The molecule has 0 spiro atoms. The van der Waals surface area contributed by atoms with Crippen LogP contribution in [0.2, 0.25) is 0 Å². The van der Waals surface area contributed by atoms with Crippen molar-refractivity contribution in [1.82, 2.24) is 0 Å². The fraction of sp³-hybridized carbons (Fsp3) is 1.00. The Morgan fingerprint density at radius 2 is 1.06 bits per heavy atom. The molecule has 1 aliphatic heterocycles. The highest BCUT2D eigenvalue weighted by Crippen LogP contribution is 2.23. The van der Waals surface area contributed by atoms with Crippen molar-refractivity contribution in [2.24, 2.45) is 0 Å². The topological polar surface area (TPSA) is 18.5 Å². The predicted octanol–water partition coefficient (Wildman–Crippen LogP) is 9.55. The maximum absolute atomic E-state index is 12.0. The van der Waals surface area contributed by atoms with Crippen molar-refractivity contribution in [3.8, 4) is 0 Å². The Bertz CT molecular complexity index is 382. The van der Waals surface area contributed by atoms with Crippen LogP contribution in [0.5, 0.6) is 0 Å². The van der Waals surface area contributed by atoms with Crippen LogP contribution >= 0.6 is 0 Å². The van der Waals surface area contributed by atoms with Crippen molar-refractivity contribution in [2.45, 2.75) is 154 Å². The molecule has 1 aliphatic rings. The van der Waals surface area contributed by atoms with E-state index in [1.165, 1.54) is 103 Å². The number of hydrogen-bond donors (Lipinski definition) is 0. The van der Waals surface area contributed by atoms with Crippen LogP contribution in [-0.2, 0) is 9.47 Å². The summed E-state index contributed by atoms with van der Waals surface area (Å²) >= 11 is 0. The molecular weight excluding hydrogens is 413 g/mol. The van der Waals surface area contributed by atoms with Crippen LogP contribution < -0.4 is 0 Å². The minimum atomic E-state index is -3.97. The van der Waals surface area contributed by atoms with Crippen molar-refractivity contribution < 1.29 is 22.6 Å². The molecule has 1 fully saturated rings. The number of ether oxygens (including phenoxy) is 2. The van der Waals surface area contributed by atoms with Gasteiger partial charge in [-0.15, -0.1) is 0 Å². The van der Waals surface area contributed by atoms with Crippen LogP contribution in [0.3, 0.4) is 0 Å². The minimum Gasteiger partial charge on any atom is -0.381 e. The summed E-state index contributed by atoms with van der Waals surface area (Å²) in [5, 5.41) is 0. The van der Waals surface area contributed by atoms with Crippen molar-refractivity contribution in [3.05, 3.63) is 0 Å². The summed E-state index contributed by atoms with van der Waals surface area (Å²) < 4.78 is 47.6. The smallest absolute Gasteiger partial charge is 0.381 e. The summed E-state index contributed by atoms with van der Waals surface area (Å²) in [5.41, 5.74) is 0. The quantitative estimate of drug-likeness (QED) is 0.148. The third-order valence-corrected chi connectivity index (χ3v) is 6.61. The molecule has 192 valence electrons. The van der Waals surface area contributed by atoms with Crippen molar-refractivity contribution >= 4 is 0 Å². The third kappa shape index (κ3) is 21.6. The molecule has 1 unspecified atom stereocenters. The van der Waals surface area contributed by atoms with Gasteiger partial charge < -0.3 is 9.47 Å². The van der Waals surface area contributed by atoms with E-state index in [-0.39, 0.29) is 0 Å². The highest BCUT2D eigenvalue weighted by atomic mass is 19.4. The second-order valence-electron chi connectivity index (χ2n) is 9.77. The Morgan fingerprint density at radius 3 is 1.50 bits per heavy atom. The predicted molar refractivity (Wildman–Crippen MR) is 128 cm³/mol. The van der Waals surface area contributed by atoms with Gasteiger partial charge in [0.05, 0.1) is 6.10 Å². The summed E-state index contributed by atoms with van der Waals surface area (Å²) in [6, 6.07) is 0. The normalized spacial score (nSPS) is 17.2. The molecule has 0 amide bonds. The maximum atomic E-state index is 12.0. The zero-order chi connectivity index (χ0) is 23.2. The van der Waals surface area contributed by atoms with E-state index >= 15 is 0 Å². The monoisotopic (exact) mass is 464 g/mol. The summed E-state index contributed by atoms with van der Waals surface area (Å²) in [4.78, 5) is 0. The fourth-order valence-corrected chi connectivity index (χ4v) is 4.53. The molecule has 0 aromatic carbocycles. The first kappa shape index (κ1) is 29.7. The van der Waals surface area contributed by atoms with Crippen LogP contribution in [0.15, 0.2) is 0 Å². The molecule has 5 heteroatoms. The molecule has 0 aromatic rings. The van der Waals surface area contributed by atoms with Crippen molar-refractivity contribution in [2.75, 3.05) is 19.8 Å². The van der Waals surface area contributed by atoms with Gasteiger partial charge in [0.15, 0.2) is 0 Å². The van der Waals surface area contributed by atoms with Crippen LogP contribution in [0, 0.1) is 0 Å². The minimum absolute atomic E-state index is 0.300. The molecule has 32 heavy (non-hydrogen) atoms. The first-order valence-corrected chi connectivity index (χ1v) is 13.8. The van der Waals surface area contributed by atoms with Crippen molar-refractivity contribution in [1.29, 1.82) is 0 Å². The van der Waals surface area contributed by atoms with E-state index < -0.39 is 12.6 Å². The van der Waals surface area contributed by atoms with Gasteiger partial charge >= 0.3 is 6.18 Å². The summed E-state index contributed by atoms with van der Waals surface area (Å²) in [6.07, 6.45) is 20.8. The molecule has 1 saturated heterocycles. The lowest BCUT2D eigenvalue weighted by molar-refractivity contribution is -0.135. The van der Waals surface area contributed by atoms with E-state index in [0.717, 1.165) is 45.5 Å². The van der Waals surface area contributed by atoms with Gasteiger partial charge in [-0.2, -0.15) is 13.2 Å². The number of alkyl halides is 3. The van der Waals surface area contributed by atoms with E-state index in [1.807, 2.05) is 0 Å². The van der Waals surface area contributed by atoms with Gasteiger partial charge in [0.25, 0.3) is 0 Å². The Hall–Kier alpha value is -0.290. The number of halogens is 3. The Labute approximate surface area is 196 Å². The van der Waals surface area contributed by atoms with E-state index in [2.05, 4.69) is 0 Å². The standard InChI is InChI=1S/C27H51F3O2/c28-27(29,30)22-17-14-12-10-8-6-4-2-1-3-5-7-9-11-13-15-18-23-31-25-21-26-20-16-19-24-32-26/h26H,1-25H2. The molecular formula is C27H51F3O2. The molecule has 1 heterocycles. The lowest BCUT2D eigenvalue weighted by atomic mass is 10.0. The molecule has 0 saturated carbocycles. The molecule has 1 atom stereocenters. The second kappa shape index (κ2) is 21.3. The average molecular weight is 465 g/mol. The number of hydrogen-bond acceptors (Lipinski definition) is 2.